The van der Waals surface area contributed by atoms with E-state index in [1.54, 1.807) is 6.92 Å². The molecule has 1 heterocycles. The molecule has 1 saturated heterocycles. The van der Waals surface area contributed by atoms with E-state index in [4.69, 9.17) is 5.11 Å². The molecule has 0 amide bonds. The van der Waals surface area contributed by atoms with Crippen LogP contribution in [0.15, 0.2) is 18.2 Å². The van der Waals surface area contributed by atoms with E-state index in [0.717, 1.165) is 16.4 Å². The fraction of sp³-hybridized carbons (Fsp3) is 0.364. The number of halogens is 1. The van der Waals surface area contributed by atoms with Gasteiger partial charge in [0.25, 0.3) is 0 Å². The van der Waals surface area contributed by atoms with Crippen LogP contribution in [0.25, 0.3) is 0 Å². The summed E-state index contributed by atoms with van der Waals surface area (Å²) in [6.07, 6.45) is 0. The van der Waals surface area contributed by atoms with Crippen LogP contribution in [0.4, 0.5) is 10.1 Å². The van der Waals surface area contributed by atoms with Gasteiger partial charge >= 0.3 is 5.97 Å². The molecule has 0 aromatic heterocycles. The molecule has 5 nitrogen and oxygen atoms in total. The van der Waals surface area contributed by atoms with E-state index >= 15 is 0 Å². The van der Waals surface area contributed by atoms with Crippen molar-refractivity contribution in [1.82, 2.24) is 0 Å². The Morgan fingerprint density at radius 2 is 2.17 bits per heavy atom. The normalized spacial score (nSPS) is 22.1. The summed E-state index contributed by atoms with van der Waals surface area (Å²) in [7, 11) is -3.51. The van der Waals surface area contributed by atoms with E-state index in [9.17, 15) is 17.6 Å². The summed E-state index contributed by atoms with van der Waals surface area (Å²) < 4.78 is 37.8. The number of nitrogens with zero attached hydrogens (tertiary/aromatic N) is 1. The average molecular weight is 273 g/mol. The fourth-order valence-corrected chi connectivity index (χ4v) is 3.99. The highest BCUT2D eigenvalue weighted by Gasteiger charge is 2.35. The molecule has 1 aliphatic heterocycles. The van der Waals surface area contributed by atoms with Crippen LogP contribution < -0.4 is 4.31 Å². The van der Waals surface area contributed by atoms with Gasteiger partial charge in [0.05, 0.1) is 17.0 Å². The van der Waals surface area contributed by atoms with Crippen LogP contribution in [0, 0.1) is 11.7 Å². The highest BCUT2D eigenvalue weighted by Crippen LogP contribution is 2.30. The molecule has 0 bridgehead atoms. The number of hydrogen-bond acceptors (Lipinski definition) is 3. The van der Waals surface area contributed by atoms with E-state index in [0.29, 0.717) is 0 Å². The molecule has 1 unspecified atom stereocenters. The van der Waals surface area contributed by atoms with E-state index in [2.05, 4.69) is 0 Å². The summed E-state index contributed by atoms with van der Waals surface area (Å²) in [6.45, 7) is 1.98. The van der Waals surface area contributed by atoms with Gasteiger partial charge in [-0.2, -0.15) is 0 Å². The van der Waals surface area contributed by atoms with Gasteiger partial charge in [-0.25, -0.2) is 17.6 Å². The third-order valence-electron chi connectivity index (χ3n) is 2.77. The van der Waals surface area contributed by atoms with Crippen molar-refractivity contribution in [2.24, 2.45) is 5.92 Å². The molecule has 1 aromatic rings. The summed E-state index contributed by atoms with van der Waals surface area (Å²) in [5, 5.41) is 9.00. The highest BCUT2D eigenvalue weighted by atomic mass is 32.2. The first kappa shape index (κ1) is 12.8. The Balaban J connectivity index is 2.55. The summed E-state index contributed by atoms with van der Waals surface area (Å²) in [5.41, 5.74) is -0.319. The molecule has 2 rings (SSSR count). The quantitative estimate of drug-likeness (QED) is 0.881. The minimum atomic E-state index is -3.51. The van der Waals surface area contributed by atoms with Gasteiger partial charge in [0.15, 0.2) is 0 Å². The van der Waals surface area contributed by atoms with Gasteiger partial charge in [-0.05, 0) is 24.1 Å². The molecule has 1 N–H and O–H groups in total. The van der Waals surface area contributed by atoms with Crippen molar-refractivity contribution in [2.45, 2.75) is 6.92 Å². The molecule has 18 heavy (non-hydrogen) atoms. The zero-order valence-corrected chi connectivity index (χ0v) is 10.4. The third-order valence-corrected chi connectivity index (χ3v) is 4.77. The maximum Gasteiger partial charge on any atom is 0.337 e. The lowest BCUT2D eigenvalue weighted by Gasteiger charge is -2.19. The maximum atomic E-state index is 13.0. The van der Waals surface area contributed by atoms with Crippen molar-refractivity contribution < 1.29 is 22.7 Å². The van der Waals surface area contributed by atoms with Crippen LogP contribution >= 0.6 is 0 Å². The van der Waals surface area contributed by atoms with Gasteiger partial charge in [0, 0.05) is 6.54 Å². The number of hydrogen-bond donors (Lipinski definition) is 1. The lowest BCUT2D eigenvalue weighted by atomic mass is 10.1. The zero-order valence-electron chi connectivity index (χ0n) is 9.63. The van der Waals surface area contributed by atoms with Gasteiger partial charge in [-0.3, -0.25) is 4.31 Å². The summed E-state index contributed by atoms with van der Waals surface area (Å²) >= 11 is 0. The van der Waals surface area contributed by atoms with Crippen molar-refractivity contribution in [1.29, 1.82) is 0 Å². The number of anilines is 1. The number of carboxylic acid groups (broad SMARTS) is 1. The predicted octanol–water partition coefficient (Wildman–Crippen LogP) is 1.31. The number of benzene rings is 1. The molecule has 98 valence electrons. The summed E-state index contributed by atoms with van der Waals surface area (Å²) in [4.78, 5) is 11.0. The molecule has 1 atom stereocenters. The number of carbonyl (C=O) groups is 1. The molecule has 0 saturated carbocycles. The van der Waals surface area contributed by atoms with Crippen molar-refractivity contribution in [3.8, 4) is 0 Å². The maximum absolute atomic E-state index is 13.0. The number of aromatic carboxylic acids is 1. The summed E-state index contributed by atoms with van der Waals surface area (Å²) in [6, 6.07) is 3.07. The lowest BCUT2D eigenvalue weighted by molar-refractivity contribution is 0.0697. The molecule has 0 spiro atoms. The van der Waals surface area contributed by atoms with Crippen LogP contribution in [-0.4, -0.2) is 31.8 Å². The first-order valence-electron chi connectivity index (χ1n) is 5.34. The predicted molar refractivity (Wildman–Crippen MR) is 63.7 cm³/mol. The topological polar surface area (TPSA) is 74.7 Å². The number of rotatable bonds is 2. The second-order valence-electron chi connectivity index (χ2n) is 4.38. The van der Waals surface area contributed by atoms with Crippen molar-refractivity contribution in [3.05, 3.63) is 29.6 Å². The second-order valence-corrected chi connectivity index (χ2v) is 6.32. The van der Waals surface area contributed by atoms with Crippen molar-refractivity contribution in [3.63, 3.8) is 0 Å². The Kier molecular flexibility index (Phi) is 3.02. The molecule has 1 aromatic carbocycles. The lowest BCUT2D eigenvalue weighted by Crippen LogP contribution is -2.27. The molecule has 1 fully saturated rings. The Bertz CT molecular complexity index is 599. The molecular weight excluding hydrogens is 261 g/mol. The first-order chi connectivity index (χ1) is 8.31. The Morgan fingerprint density at radius 1 is 1.50 bits per heavy atom. The van der Waals surface area contributed by atoms with E-state index < -0.39 is 21.8 Å². The van der Waals surface area contributed by atoms with E-state index in [-0.39, 0.29) is 29.5 Å². The minimum Gasteiger partial charge on any atom is -0.478 e. The average Bonchev–Trinajstić information content (AvgIpc) is 2.51. The van der Waals surface area contributed by atoms with Crippen molar-refractivity contribution >= 4 is 21.7 Å². The van der Waals surface area contributed by atoms with Gasteiger partial charge in [0.2, 0.25) is 10.0 Å². The van der Waals surface area contributed by atoms with Crippen LogP contribution in [0.5, 0.6) is 0 Å². The Morgan fingerprint density at radius 3 is 2.67 bits per heavy atom. The standard InChI is InChI=1S/C11H12FNO4S/c1-7-5-13(18(16,17)6-7)10-3-2-8(12)4-9(10)11(14)15/h2-4,7H,5-6H2,1H3,(H,14,15). The molecule has 0 aliphatic carbocycles. The first-order valence-corrected chi connectivity index (χ1v) is 6.95. The van der Waals surface area contributed by atoms with Gasteiger partial charge in [-0.1, -0.05) is 6.92 Å². The molecule has 7 heteroatoms. The van der Waals surface area contributed by atoms with Gasteiger partial charge in [0.1, 0.15) is 5.82 Å². The number of sulfonamides is 1. The number of carboxylic acids is 1. The van der Waals surface area contributed by atoms with Gasteiger partial charge < -0.3 is 5.11 Å². The molecule has 0 radical (unpaired) electrons. The van der Waals surface area contributed by atoms with Crippen molar-refractivity contribution in [2.75, 3.05) is 16.6 Å². The highest BCUT2D eigenvalue weighted by molar-refractivity contribution is 7.93. The van der Waals surface area contributed by atoms with E-state index in [1.807, 2.05) is 0 Å². The molecular formula is C11H12FNO4S. The van der Waals surface area contributed by atoms with E-state index in [1.165, 1.54) is 6.07 Å². The van der Waals surface area contributed by atoms with Gasteiger partial charge in [-0.15, -0.1) is 0 Å². The molecule has 1 aliphatic rings. The third kappa shape index (κ3) is 2.17. The Labute approximate surface area is 104 Å². The smallest absolute Gasteiger partial charge is 0.337 e. The second kappa shape index (κ2) is 4.24. The van der Waals surface area contributed by atoms with Crippen LogP contribution in [0.1, 0.15) is 17.3 Å². The van der Waals surface area contributed by atoms with Crippen LogP contribution in [0.3, 0.4) is 0 Å². The van der Waals surface area contributed by atoms with Crippen LogP contribution in [-0.2, 0) is 10.0 Å². The minimum absolute atomic E-state index is 0.0215. The SMILES string of the molecule is CC1CN(c2ccc(F)cc2C(=O)O)S(=O)(=O)C1. The summed E-state index contributed by atoms with van der Waals surface area (Å²) in [5.74, 6) is -2.16. The largest absolute Gasteiger partial charge is 0.478 e. The Hall–Kier alpha value is -1.63. The zero-order chi connectivity index (χ0) is 13.5. The van der Waals surface area contributed by atoms with Crippen LogP contribution in [0.2, 0.25) is 0 Å². The fourth-order valence-electron chi connectivity index (χ4n) is 2.04. The monoisotopic (exact) mass is 273 g/mol.